The molecule has 4 rings (SSSR count). The molecule has 2 aliphatic heterocycles. The first-order valence-electron chi connectivity index (χ1n) is 11.0. The molecule has 1 aromatic carbocycles. The Balaban J connectivity index is 1.62. The second-order valence-corrected chi connectivity index (χ2v) is 8.51. The molecule has 0 saturated carbocycles. The molecular weight excluding hydrogens is 419 g/mol. The topological polar surface area (TPSA) is 72.3 Å². The number of pyridine rings is 1. The number of likely N-dealkylation sites (tertiary alicyclic amines) is 1. The van der Waals surface area contributed by atoms with Crippen LogP contribution in [0.4, 0.5) is 18.9 Å². The Morgan fingerprint density at radius 2 is 2.12 bits per heavy atom. The molecule has 3 heterocycles. The molecule has 3 atom stereocenters. The molecule has 2 aromatic rings. The fourth-order valence-electron chi connectivity index (χ4n) is 4.96. The average molecular weight is 445 g/mol. The minimum absolute atomic E-state index is 0.142. The van der Waals surface area contributed by atoms with Crippen LogP contribution in [0.5, 0.6) is 0 Å². The van der Waals surface area contributed by atoms with Crippen LogP contribution in [0, 0.1) is 17.2 Å². The van der Waals surface area contributed by atoms with E-state index in [9.17, 15) is 23.2 Å². The van der Waals surface area contributed by atoms with Crippen LogP contribution in [0.15, 0.2) is 30.5 Å². The summed E-state index contributed by atoms with van der Waals surface area (Å²) in [5.41, 5.74) is 1.43. The number of piperidine rings is 1. The molecule has 1 amide bonds. The smallest absolute Gasteiger partial charge is 0.368 e. The summed E-state index contributed by atoms with van der Waals surface area (Å²) in [6.07, 6.45) is -1.31. The van der Waals surface area contributed by atoms with E-state index in [4.69, 9.17) is 0 Å². The number of alkyl halides is 3. The van der Waals surface area contributed by atoms with Crippen molar-refractivity contribution >= 4 is 22.5 Å². The normalized spacial score (nSPS) is 24.5. The summed E-state index contributed by atoms with van der Waals surface area (Å²) in [6, 6.07) is 7.92. The number of anilines is 1. The van der Waals surface area contributed by atoms with Gasteiger partial charge in [-0.15, -0.1) is 0 Å². The lowest BCUT2D eigenvalue weighted by Gasteiger charge is -2.41. The van der Waals surface area contributed by atoms with E-state index in [1.165, 1.54) is 0 Å². The van der Waals surface area contributed by atoms with E-state index < -0.39 is 18.1 Å². The van der Waals surface area contributed by atoms with Gasteiger partial charge in [0.15, 0.2) is 0 Å². The maximum atomic E-state index is 13.8. The van der Waals surface area contributed by atoms with E-state index >= 15 is 0 Å². The standard InChI is InChI=1S/C23H26F3N5O/c1-2-30-10-4-6-20(30)22(32)29-17-11-16(23(24,25)26)13-31(14-17)19-8-7-15(12-27)21-18(19)5-3-9-28-21/h3,5,7-9,16-17,20H,2,4,6,10-11,13-14H2,1H3,(H,29,32)/t16-,17+,20-/m0/s1. The Bertz CT molecular complexity index is 1030. The number of nitrogens with one attached hydrogen (secondary N) is 1. The second-order valence-electron chi connectivity index (χ2n) is 8.51. The highest BCUT2D eigenvalue weighted by atomic mass is 19.4. The summed E-state index contributed by atoms with van der Waals surface area (Å²) in [5, 5.41) is 12.9. The first-order valence-corrected chi connectivity index (χ1v) is 11.0. The van der Waals surface area contributed by atoms with Crippen molar-refractivity contribution in [2.75, 3.05) is 31.1 Å². The van der Waals surface area contributed by atoms with Crippen LogP contribution in [0.25, 0.3) is 10.9 Å². The number of hydrogen-bond acceptors (Lipinski definition) is 5. The first-order chi connectivity index (χ1) is 15.3. The molecule has 0 unspecified atom stereocenters. The highest BCUT2D eigenvalue weighted by molar-refractivity contribution is 5.95. The number of nitriles is 1. The van der Waals surface area contributed by atoms with Crippen LogP contribution in [-0.2, 0) is 4.79 Å². The lowest BCUT2D eigenvalue weighted by molar-refractivity contribution is -0.178. The van der Waals surface area contributed by atoms with Crippen molar-refractivity contribution in [1.29, 1.82) is 5.26 Å². The molecule has 9 heteroatoms. The number of halogens is 3. The van der Waals surface area contributed by atoms with Gasteiger partial charge in [0.1, 0.15) is 6.07 Å². The number of carbonyl (C=O) groups excluding carboxylic acids is 1. The molecule has 2 aliphatic rings. The number of amides is 1. The molecule has 1 N–H and O–H groups in total. The molecule has 1 aromatic heterocycles. The number of benzene rings is 1. The summed E-state index contributed by atoms with van der Waals surface area (Å²) in [6.45, 7) is 3.63. The Labute approximate surface area is 185 Å². The minimum atomic E-state index is -4.37. The Morgan fingerprint density at radius 1 is 1.31 bits per heavy atom. The summed E-state index contributed by atoms with van der Waals surface area (Å²) in [7, 11) is 0. The zero-order chi connectivity index (χ0) is 22.9. The minimum Gasteiger partial charge on any atom is -0.368 e. The van der Waals surface area contributed by atoms with E-state index in [0.717, 1.165) is 25.9 Å². The average Bonchev–Trinajstić information content (AvgIpc) is 3.26. The fraction of sp³-hybridized carbons (Fsp3) is 0.522. The number of nitrogens with zero attached hydrogens (tertiary/aromatic N) is 4. The van der Waals surface area contributed by atoms with Crippen LogP contribution in [0.3, 0.4) is 0 Å². The number of aromatic nitrogens is 1. The summed E-state index contributed by atoms with van der Waals surface area (Å²) in [4.78, 5) is 20.9. The molecule has 170 valence electrons. The van der Waals surface area contributed by atoms with Crippen LogP contribution >= 0.6 is 0 Å². The quantitative estimate of drug-likeness (QED) is 0.781. The van der Waals surface area contributed by atoms with Crippen molar-refractivity contribution in [2.45, 2.75) is 44.4 Å². The van der Waals surface area contributed by atoms with E-state index in [-0.39, 0.29) is 31.5 Å². The maximum Gasteiger partial charge on any atom is 0.393 e. The van der Waals surface area contributed by atoms with Crippen molar-refractivity contribution in [1.82, 2.24) is 15.2 Å². The van der Waals surface area contributed by atoms with Gasteiger partial charge in [0.25, 0.3) is 0 Å². The number of hydrogen-bond donors (Lipinski definition) is 1. The Morgan fingerprint density at radius 3 is 2.84 bits per heavy atom. The number of rotatable bonds is 4. The summed E-state index contributed by atoms with van der Waals surface area (Å²) in [5.74, 6) is -1.75. The highest BCUT2D eigenvalue weighted by Crippen LogP contribution is 2.37. The zero-order valence-electron chi connectivity index (χ0n) is 17.9. The van der Waals surface area contributed by atoms with Crippen LogP contribution < -0.4 is 10.2 Å². The predicted octanol–water partition coefficient (Wildman–Crippen LogP) is 3.46. The molecule has 32 heavy (non-hydrogen) atoms. The van der Waals surface area contributed by atoms with Crippen molar-refractivity contribution < 1.29 is 18.0 Å². The van der Waals surface area contributed by atoms with Gasteiger partial charge in [-0.3, -0.25) is 14.7 Å². The van der Waals surface area contributed by atoms with E-state index in [1.54, 1.807) is 35.4 Å². The number of carbonyl (C=O) groups is 1. The van der Waals surface area contributed by atoms with Crippen LogP contribution in [0.2, 0.25) is 0 Å². The van der Waals surface area contributed by atoms with Gasteiger partial charge < -0.3 is 10.2 Å². The van der Waals surface area contributed by atoms with Crippen LogP contribution in [0.1, 0.15) is 31.7 Å². The van der Waals surface area contributed by atoms with Gasteiger partial charge in [-0.25, -0.2) is 0 Å². The third-order valence-electron chi connectivity index (χ3n) is 6.54. The molecule has 0 radical (unpaired) electrons. The highest BCUT2D eigenvalue weighted by Gasteiger charge is 2.45. The van der Waals surface area contributed by atoms with Gasteiger partial charge in [-0.2, -0.15) is 18.4 Å². The predicted molar refractivity (Wildman–Crippen MR) is 115 cm³/mol. The van der Waals surface area contributed by atoms with Crippen molar-refractivity contribution in [3.8, 4) is 6.07 Å². The first kappa shape index (κ1) is 22.3. The number of fused-ring (bicyclic) bond motifs is 1. The van der Waals surface area contributed by atoms with Gasteiger partial charge in [-0.1, -0.05) is 6.92 Å². The van der Waals surface area contributed by atoms with Crippen molar-refractivity contribution in [3.63, 3.8) is 0 Å². The monoisotopic (exact) mass is 445 g/mol. The third-order valence-corrected chi connectivity index (χ3v) is 6.54. The largest absolute Gasteiger partial charge is 0.393 e. The molecule has 2 saturated heterocycles. The zero-order valence-corrected chi connectivity index (χ0v) is 17.9. The van der Waals surface area contributed by atoms with E-state index in [0.29, 0.717) is 22.2 Å². The van der Waals surface area contributed by atoms with Gasteiger partial charge in [0.2, 0.25) is 5.91 Å². The molecule has 0 aliphatic carbocycles. The lowest BCUT2D eigenvalue weighted by atomic mass is 9.92. The summed E-state index contributed by atoms with van der Waals surface area (Å²) >= 11 is 0. The van der Waals surface area contributed by atoms with Gasteiger partial charge in [0, 0.05) is 36.4 Å². The van der Waals surface area contributed by atoms with Gasteiger partial charge in [-0.05, 0) is 56.6 Å². The van der Waals surface area contributed by atoms with E-state index in [1.807, 2.05) is 6.92 Å². The maximum absolute atomic E-state index is 13.8. The fourth-order valence-corrected chi connectivity index (χ4v) is 4.96. The van der Waals surface area contributed by atoms with Gasteiger partial charge in [0.05, 0.1) is 23.0 Å². The second kappa shape index (κ2) is 8.94. The van der Waals surface area contributed by atoms with E-state index in [2.05, 4.69) is 21.3 Å². The molecular formula is C23H26F3N5O. The molecule has 0 spiro atoms. The Kier molecular flexibility index (Phi) is 6.24. The SMILES string of the molecule is CCN1CCC[C@H]1C(=O)N[C@@H]1C[C@H](C(F)(F)F)CN(c2ccc(C#N)c3ncccc23)C1. The van der Waals surface area contributed by atoms with Gasteiger partial charge >= 0.3 is 6.18 Å². The Hall–Kier alpha value is -2.86. The molecule has 0 bridgehead atoms. The molecule has 2 fully saturated rings. The third kappa shape index (κ3) is 4.37. The van der Waals surface area contributed by atoms with Crippen molar-refractivity contribution in [3.05, 3.63) is 36.0 Å². The lowest BCUT2D eigenvalue weighted by Crippen LogP contribution is -2.56. The van der Waals surface area contributed by atoms with Crippen molar-refractivity contribution in [2.24, 2.45) is 5.92 Å². The number of likely N-dealkylation sites (N-methyl/N-ethyl adjacent to an activating group) is 1. The molecule has 6 nitrogen and oxygen atoms in total. The summed E-state index contributed by atoms with van der Waals surface area (Å²) < 4.78 is 41.4. The van der Waals surface area contributed by atoms with Crippen LogP contribution in [-0.4, -0.2) is 60.2 Å².